The van der Waals surface area contributed by atoms with Crippen molar-refractivity contribution in [1.82, 2.24) is 9.88 Å². The van der Waals surface area contributed by atoms with Gasteiger partial charge in [0.25, 0.3) is 5.91 Å². The van der Waals surface area contributed by atoms with Gasteiger partial charge in [0, 0.05) is 47.9 Å². The smallest absolute Gasteiger partial charge is 0.260 e. The lowest BCUT2D eigenvalue weighted by molar-refractivity contribution is 0.0376. The predicted octanol–water partition coefficient (Wildman–Crippen LogP) is 5.40. The molecule has 0 aliphatic carbocycles. The summed E-state index contributed by atoms with van der Waals surface area (Å²) in [6.45, 7) is 4.77. The second-order valence-corrected chi connectivity index (χ2v) is 9.13. The first kappa shape index (κ1) is 25.0. The lowest BCUT2D eigenvalue weighted by Crippen LogP contribution is -2.39. The van der Waals surface area contributed by atoms with Crippen molar-refractivity contribution in [2.75, 3.05) is 51.4 Å². The summed E-state index contributed by atoms with van der Waals surface area (Å²) in [5.74, 6) is 0.563. The molecular formula is C22H24Cl3N3O3S. The number of halogens is 3. The number of aromatic nitrogens is 1. The van der Waals surface area contributed by atoms with Gasteiger partial charge in [0.1, 0.15) is 5.75 Å². The molecule has 0 unspecified atom stereocenters. The lowest BCUT2D eigenvalue weighted by atomic mass is 10.2. The fourth-order valence-corrected chi connectivity index (χ4v) is 5.03. The van der Waals surface area contributed by atoms with Gasteiger partial charge in [-0.3, -0.25) is 14.6 Å². The molecule has 172 valence electrons. The average Bonchev–Trinajstić information content (AvgIpc) is 3.19. The Morgan fingerprint density at radius 2 is 1.91 bits per heavy atom. The van der Waals surface area contributed by atoms with E-state index in [1.807, 2.05) is 18.2 Å². The van der Waals surface area contributed by atoms with Crippen LogP contribution in [0.5, 0.6) is 5.75 Å². The molecule has 0 spiro atoms. The van der Waals surface area contributed by atoms with E-state index < -0.39 is 0 Å². The summed E-state index contributed by atoms with van der Waals surface area (Å²) in [5.41, 5.74) is 1.25. The van der Waals surface area contributed by atoms with Crippen LogP contribution < -0.4 is 9.64 Å². The summed E-state index contributed by atoms with van der Waals surface area (Å²) in [7, 11) is 1.62. The van der Waals surface area contributed by atoms with Gasteiger partial charge in [-0.2, -0.15) is 0 Å². The van der Waals surface area contributed by atoms with E-state index in [1.54, 1.807) is 30.2 Å². The third kappa shape index (κ3) is 6.04. The molecule has 1 aliphatic rings. The first-order valence-corrected chi connectivity index (χ1v) is 11.6. The van der Waals surface area contributed by atoms with Crippen LogP contribution in [0.4, 0.5) is 5.13 Å². The van der Waals surface area contributed by atoms with E-state index in [9.17, 15) is 4.79 Å². The summed E-state index contributed by atoms with van der Waals surface area (Å²) in [6, 6.07) is 10.6. The molecule has 4 rings (SSSR count). The number of hydrogen-bond acceptors (Lipinski definition) is 6. The number of rotatable bonds is 7. The van der Waals surface area contributed by atoms with E-state index in [-0.39, 0.29) is 18.3 Å². The van der Waals surface area contributed by atoms with Gasteiger partial charge in [-0.15, -0.1) is 12.4 Å². The average molecular weight is 517 g/mol. The molecule has 32 heavy (non-hydrogen) atoms. The van der Waals surface area contributed by atoms with E-state index >= 15 is 0 Å². The number of anilines is 1. The Balaban J connectivity index is 0.00000289. The molecule has 1 saturated heterocycles. The van der Waals surface area contributed by atoms with Crippen LogP contribution in [0.1, 0.15) is 16.8 Å². The molecule has 2 aromatic carbocycles. The van der Waals surface area contributed by atoms with Crippen LogP contribution in [0.25, 0.3) is 10.2 Å². The van der Waals surface area contributed by atoms with E-state index in [0.717, 1.165) is 55.2 Å². The van der Waals surface area contributed by atoms with Crippen LogP contribution in [-0.4, -0.2) is 62.3 Å². The third-order valence-corrected chi connectivity index (χ3v) is 6.62. The number of benzene rings is 2. The highest BCUT2D eigenvalue weighted by Gasteiger charge is 2.23. The number of methoxy groups -OCH3 is 1. The van der Waals surface area contributed by atoms with Crippen LogP contribution in [0.15, 0.2) is 36.4 Å². The largest absolute Gasteiger partial charge is 0.497 e. The molecule has 1 aromatic heterocycles. The van der Waals surface area contributed by atoms with Crippen LogP contribution in [0.3, 0.4) is 0 Å². The molecule has 10 heteroatoms. The van der Waals surface area contributed by atoms with Crippen molar-refractivity contribution in [2.45, 2.75) is 6.42 Å². The maximum absolute atomic E-state index is 13.4. The standard InChI is InChI=1S/C22H23Cl2N3O3S.ClH/c1-29-18-3-4-20-19(14-18)25-22(31-20)27(6-2-5-26-7-9-30-10-8-26)21(28)15-11-16(23)13-17(24)12-15;/h3-4,11-14H,2,5-10H2,1H3;1H. The molecule has 0 N–H and O–H groups in total. The number of fused-ring (bicyclic) bond motifs is 1. The molecule has 0 radical (unpaired) electrons. The Bertz CT molecular complexity index is 1050. The van der Waals surface area contributed by atoms with Crippen LogP contribution in [0.2, 0.25) is 10.0 Å². The number of amides is 1. The van der Waals surface area contributed by atoms with Gasteiger partial charge in [-0.25, -0.2) is 4.98 Å². The molecule has 0 bridgehead atoms. The lowest BCUT2D eigenvalue weighted by Gasteiger charge is -2.27. The minimum absolute atomic E-state index is 0. The second-order valence-electron chi connectivity index (χ2n) is 7.25. The summed E-state index contributed by atoms with van der Waals surface area (Å²) in [4.78, 5) is 22.2. The first-order valence-electron chi connectivity index (χ1n) is 10.1. The van der Waals surface area contributed by atoms with Gasteiger partial charge in [-0.1, -0.05) is 34.5 Å². The molecule has 3 aromatic rings. The number of nitrogens with zero attached hydrogens (tertiary/aromatic N) is 3. The van der Waals surface area contributed by atoms with Gasteiger partial charge < -0.3 is 9.47 Å². The van der Waals surface area contributed by atoms with Crippen molar-refractivity contribution >= 4 is 68.2 Å². The Hall–Kier alpha value is -1.61. The number of morpholine rings is 1. The highest BCUT2D eigenvalue weighted by atomic mass is 35.5. The Labute approximate surface area is 207 Å². The summed E-state index contributed by atoms with van der Waals surface area (Å²) in [6.07, 6.45) is 0.819. The number of hydrogen-bond donors (Lipinski definition) is 0. The predicted molar refractivity (Wildman–Crippen MR) is 133 cm³/mol. The van der Waals surface area contributed by atoms with Gasteiger partial charge in [0.05, 0.1) is 30.5 Å². The van der Waals surface area contributed by atoms with Gasteiger partial charge in [0.15, 0.2) is 5.13 Å². The molecular weight excluding hydrogens is 493 g/mol. The van der Waals surface area contributed by atoms with Crippen molar-refractivity contribution in [1.29, 1.82) is 0 Å². The van der Waals surface area contributed by atoms with Crippen molar-refractivity contribution in [3.8, 4) is 5.75 Å². The fraction of sp³-hybridized carbons (Fsp3) is 0.364. The molecule has 0 saturated carbocycles. The molecule has 1 fully saturated rings. The van der Waals surface area contributed by atoms with Gasteiger partial charge in [0.2, 0.25) is 0 Å². The minimum atomic E-state index is -0.169. The summed E-state index contributed by atoms with van der Waals surface area (Å²) < 4.78 is 11.7. The molecule has 1 amide bonds. The highest BCUT2D eigenvalue weighted by Crippen LogP contribution is 2.32. The summed E-state index contributed by atoms with van der Waals surface area (Å²) >= 11 is 13.8. The number of carbonyl (C=O) groups excluding carboxylic acids is 1. The van der Waals surface area contributed by atoms with Crippen molar-refractivity contribution in [3.05, 3.63) is 52.0 Å². The third-order valence-electron chi connectivity index (χ3n) is 5.13. The van der Waals surface area contributed by atoms with Crippen LogP contribution in [-0.2, 0) is 4.74 Å². The molecule has 6 nitrogen and oxygen atoms in total. The van der Waals surface area contributed by atoms with Crippen LogP contribution >= 0.6 is 46.9 Å². The van der Waals surface area contributed by atoms with Crippen molar-refractivity contribution in [2.24, 2.45) is 0 Å². The SMILES string of the molecule is COc1ccc2sc(N(CCCN3CCOCC3)C(=O)c3cc(Cl)cc(Cl)c3)nc2c1.Cl. The highest BCUT2D eigenvalue weighted by molar-refractivity contribution is 7.22. The topological polar surface area (TPSA) is 54.9 Å². The maximum Gasteiger partial charge on any atom is 0.260 e. The first-order chi connectivity index (χ1) is 15.0. The maximum atomic E-state index is 13.4. The van der Waals surface area contributed by atoms with E-state index in [4.69, 9.17) is 37.7 Å². The Morgan fingerprint density at radius 1 is 1.19 bits per heavy atom. The quantitative estimate of drug-likeness (QED) is 0.421. The Morgan fingerprint density at radius 3 is 2.59 bits per heavy atom. The second kappa shape index (κ2) is 11.5. The zero-order valence-corrected chi connectivity index (χ0v) is 20.7. The van der Waals surface area contributed by atoms with Crippen molar-refractivity contribution < 1.29 is 14.3 Å². The van der Waals surface area contributed by atoms with E-state index in [2.05, 4.69) is 4.90 Å². The molecule has 1 aliphatic heterocycles. The molecule has 2 heterocycles. The van der Waals surface area contributed by atoms with Crippen molar-refractivity contribution in [3.63, 3.8) is 0 Å². The molecule has 0 atom stereocenters. The number of ether oxygens (including phenoxy) is 2. The zero-order valence-electron chi connectivity index (χ0n) is 17.6. The van der Waals surface area contributed by atoms with E-state index in [0.29, 0.717) is 27.3 Å². The number of carbonyl (C=O) groups is 1. The zero-order chi connectivity index (χ0) is 21.8. The van der Waals surface area contributed by atoms with Gasteiger partial charge in [-0.05, 0) is 36.8 Å². The van der Waals surface area contributed by atoms with Crippen LogP contribution in [0, 0.1) is 0 Å². The van der Waals surface area contributed by atoms with E-state index in [1.165, 1.54) is 11.3 Å². The number of thiazole rings is 1. The minimum Gasteiger partial charge on any atom is -0.497 e. The fourth-order valence-electron chi connectivity index (χ4n) is 3.53. The summed E-state index contributed by atoms with van der Waals surface area (Å²) in [5, 5.41) is 1.50. The monoisotopic (exact) mass is 515 g/mol. The normalized spacial score (nSPS) is 14.2. The Kier molecular flexibility index (Phi) is 8.99. The van der Waals surface area contributed by atoms with Gasteiger partial charge >= 0.3 is 0 Å².